The normalized spacial score (nSPS) is 14.5. The van der Waals surface area contributed by atoms with Crippen molar-refractivity contribution in [2.45, 2.75) is 38.0 Å². The van der Waals surface area contributed by atoms with Crippen molar-refractivity contribution >= 4 is 44.8 Å². The van der Waals surface area contributed by atoms with E-state index in [2.05, 4.69) is 10.0 Å². The fraction of sp³-hybridized carbons (Fsp3) is 0.300. The van der Waals surface area contributed by atoms with Gasteiger partial charge < -0.3 is 15.3 Å². The monoisotopic (exact) mass is 434 g/mol. The van der Waals surface area contributed by atoms with Crippen molar-refractivity contribution in [2.24, 2.45) is 0 Å². The zero-order chi connectivity index (χ0) is 21.0. The summed E-state index contributed by atoms with van der Waals surface area (Å²) in [7, 11) is -3.36. The highest BCUT2D eigenvalue weighted by molar-refractivity contribution is 7.93. The van der Waals surface area contributed by atoms with Gasteiger partial charge >= 0.3 is 0 Å². The third kappa shape index (κ3) is 5.27. The van der Waals surface area contributed by atoms with Gasteiger partial charge in [-0.25, -0.2) is 8.42 Å². The fourth-order valence-electron chi connectivity index (χ4n) is 2.83. The van der Waals surface area contributed by atoms with E-state index in [0.29, 0.717) is 46.9 Å². The van der Waals surface area contributed by atoms with Crippen LogP contribution in [0.4, 0.5) is 11.4 Å². The van der Waals surface area contributed by atoms with Crippen molar-refractivity contribution in [1.82, 2.24) is 4.57 Å². The smallest absolute Gasteiger partial charge is 0.250 e. The van der Waals surface area contributed by atoms with Crippen LogP contribution in [0.1, 0.15) is 31.7 Å². The van der Waals surface area contributed by atoms with Crippen LogP contribution in [0.2, 0.25) is 5.02 Å². The molecule has 1 heterocycles. The number of nitrogens with one attached hydrogen (secondary N) is 3. The Morgan fingerprint density at radius 1 is 1.28 bits per heavy atom. The second-order valence-electron chi connectivity index (χ2n) is 6.88. The zero-order valence-electron chi connectivity index (χ0n) is 16.0. The first-order valence-corrected chi connectivity index (χ1v) is 11.3. The minimum atomic E-state index is -3.36. The Bertz CT molecular complexity index is 1100. The Morgan fingerprint density at radius 2 is 2.00 bits per heavy atom. The molecule has 154 valence electrons. The molecule has 7 nitrogen and oxygen atoms in total. The van der Waals surface area contributed by atoms with E-state index < -0.39 is 10.0 Å². The van der Waals surface area contributed by atoms with E-state index in [4.69, 9.17) is 17.0 Å². The number of anilines is 2. The van der Waals surface area contributed by atoms with Crippen LogP contribution in [0, 0.1) is 5.41 Å². The molecule has 0 unspecified atom stereocenters. The predicted octanol–water partition coefficient (Wildman–Crippen LogP) is 3.92. The highest BCUT2D eigenvalue weighted by Gasteiger charge is 2.35. The Hall–Kier alpha value is -2.58. The second-order valence-corrected chi connectivity index (χ2v) is 9.25. The van der Waals surface area contributed by atoms with Gasteiger partial charge in [0.15, 0.2) is 0 Å². The quantitative estimate of drug-likeness (QED) is 0.520. The summed E-state index contributed by atoms with van der Waals surface area (Å²) < 4.78 is 28.3. The first kappa shape index (κ1) is 21.1. The van der Waals surface area contributed by atoms with Crippen molar-refractivity contribution < 1.29 is 8.42 Å². The molecule has 0 aliphatic heterocycles. The minimum absolute atomic E-state index is 0.0686. The molecular formula is C20H23ClN4O3S. The SMILES string of the molecule is CCCn1cc(N/C=C(\C=N)c2ccc(NS(=O)(=O)C3CC3)cc2Cl)ccc1=O. The molecule has 3 N–H and O–H groups in total. The molecule has 1 aromatic carbocycles. The summed E-state index contributed by atoms with van der Waals surface area (Å²) in [6.07, 6.45) is 6.71. The van der Waals surface area contributed by atoms with E-state index in [1.54, 1.807) is 35.2 Å². The van der Waals surface area contributed by atoms with E-state index in [1.807, 2.05) is 6.92 Å². The van der Waals surface area contributed by atoms with Gasteiger partial charge in [-0.15, -0.1) is 0 Å². The highest BCUT2D eigenvalue weighted by Crippen LogP contribution is 2.31. The molecule has 0 radical (unpaired) electrons. The summed E-state index contributed by atoms with van der Waals surface area (Å²) >= 11 is 6.34. The molecule has 9 heteroatoms. The summed E-state index contributed by atoms with van der Waals surface area (Å²) in [5, 5.41) is 10.8. The van der Waals surface area contributed by atoms with E-state index in [1.165, 1.54) is 12.1 Å². The topological polar surface area (TPSA) is 104 Å². The molecule has 3 rings (SSSR count). The van der Waals surface area contributed by atoms with Gasteiger partial charge in [-0.3, -0.25) is 9.52 Å². The maximum Gasteiger partial charge on any atom is 0.250 e. The van der Waals surface area contributed by atoms with Crippen molar-refractivity contribution in [3.8, 4) is 0 Å². The number of allylic oxidation sites excluding steroid dienone is 1. The maximum atomic E-state index is 12.1. The van der Waals surface area contributed by atoms with Crippen LogP contribution in [0.25, 0.3) is 5.57 Å². The highest BCUT2D eigenvalue weighted by atomic mass is 35.5. The summed E-state index contributed by atoms with van der Waals surface area (Å²) in [6, 6.07) is 7.99. The van der Waals surface area contributed by atoms with E-state index in [-0.39, 0.29) is 10.8 Å². The first-order chi connectivity index (χ1) is 13.8. The summed E-state index contributed by atoms with van der Waals surface area (Å²) in [5.41, 5.74) is 2.14. The minimum Gasteiger partial charge on any atom is -0.360 e. The van der Waals surface area contributed by atoms with Gasteiger partial charge in [0.25, 0.3) is 5.56 Å². The van der Waals surface area contributed by atoms with Crippen LogP contribution >= 0.6 is 11.6 Å². The number of nitrogens with zero attached hydrogens (tertiary/aromatic N) is 1. The average molecular weight is 435 g/mol. The number of halogens is 1. The zero-order valence-corrected chi connectivity index (χ0v) is 17.6. The first-order valence-electron chi connectivity index (χ1n) is 9.33. The third-order valence-corrected chi connectivity index (χ3v) is 6.68. The number of sulfonamides is 1. The van der Waals surface area contributed by atoms with Gasteiger partial charge in [-0.05, 0) is 37.5 Å². The van der Waals surface area contributed by atoms with Gasteiger partial charge in [-0.1, -0.05) is 24.6 Å². The van der Waals surface area contributed by atoms with E-state index in [9.17, 15) is 13.2 Å². The molecule has 0 bridgehead atoms. The Labute approximate surface area is 175 Å². The van der Waals surface area contributed by atoms with Crippen LogP contribution < -0.4 is 15.6 Å². The van der Waals surface area contributed by atoms with Crippen LogP contribution in [-0.4, -0.2) is 24.4 Å². The third-order valence-electron chi connectivity index (χ3n) is 4.50. The molecule has 1 aliphatic rings. The van der Waals surface area contributed by atoms with Gasteiger partial charge in [-0.2, -0.15) is 0 Å². The van der Waals surface area contributed by atoms with Gasteiger partial charge in [0.1, 0.15) is 0 Å². The van der Waals surface area contributed by atoms with Crippen LogP contribution in [-0.2, 0) is 16.6 Å². The Balaban J connectivity index is 1.79. The number of pyridine rings is 1. The maximum absolute atomic E-state index is 12.1. The summed E-state index contributed by atoms with van der Waals surface area (Å²) in [4.78, 5) is 11.8. The standard InChI is InChI=1S/C20H23ClN4O3S/c1-2-9-25-13-16(4-8-20(25)26)23-12-14(11-22)18-7-3-15(10-19(18)21)24-29(27,28)17-5-6-17/h3-4,7-8,10-13,17,22-24H,2,5-6,9H2,1H3/b14-12+,22-11?. The molecule has 1 aliphatic carbocycles. The van der Waals surface area contributed by atoms with E-state index >= 15 is 0 Å². The molecule has 29 heavy (non-hydrogen) atoms. The van der Waals surface area contributed by atoms with Crippen LogP contribution in [0.5, 0.6) is 0 Å². The number of benzene rings is 1. The van der Waals surface area contributed by atoms with E-state index in [0.717, 1.165) is 12.6 Å². The lowest BCUT2D eigenvalue weighted by atomic mass is 10.1. The van der Waals surface area contributed by atoms with Crippen molar-refractivity contribution in [3.63, 3.8) is 0 Å². The number of hydrogen-bond acceptors (Lipinski definition) is 5. The van der Waals surface area contributed by atoms with Crippen molar-refractivity contribution in [1.29, 1.82) is 5.41 Å². The van der Waals surface area contributed by atoms with Crippen molar-refractivity contribution in [3.05, 3.63) is 63.7 Å². The molecule has 1 saturated carbocycles. The van der Waals surface area contributed by atoms with Crippen LogP contribution in [0.3, 0.4) is 0 Å². The molecule has 1 aromatic heterocycles. The molecule has 0 spiro atoms. The average Bonchev–Trinajstić information content (AvgIpc) is 3.52. The molecule has 2 aromatic rings. The predicted molar refractivity (Wildman–Crippen MR) is 118 cm³/mol. The van der Waals surface area contributed by atoms with Gasteiger partial charge in [0.2, 0.25) is 10.0 Å². The second kappa shape index (κ2) is 8.84. The lowest BCUT2D eigenvalue weighted by Crippen LogP contribution is -2.18. The molecular weight excluding hydrogens is 412 g/mol. The van der Waals surface area contributed by atoms with Gasteiger partial charge in [0, 0.05) is 48.0 Å². The summed E-state index contributed by atoms with van der Waals surface area (Å²) in [6.45, 7) is 2.62. The molecule has 0 saturated heterocycles. The molecule has 1 fully saturated rings. The van der Waals surface area contributed by atoms with Crippen LogP contribution in [0.15, 0.2) is 47.5 Å². The Morgan fingerprint density at radius 3 is 2.62 bits per heavy atom. The number of aromatic nitrogens is 1. The Kier molecular flexibility index (Phi) is 6.44. The molecule has 0 atom stereocenters. The van der Waals surface area contributed by atoms with Crippen molar-refractivity contribution in [2.75, 3.05) is 10.0 Å². The summed E-state index contributed by atoms with van der Waals surface area (Å²) in [5.74, 6) is 0. The fourth-order valence-corrected chi connectivity index (χ4v) is 4.50. The number of hydrogen-bond donors (Lipinski definition) is 3. The number of rotatable bonds is 9. The van der Waals surface area contributed by atoms with Gasteiger partial charge in [0.05, 0.1) is 16.0 Å². The largest absolute Gasteiger partial charge is 0.360 e. The lowest BCUT2D eigenvalue weighted by Gasteiger charge is -2.11. The lowest BCUT2D eigenvalue weighted by molar-refractivity contribution is 0.600. The number of aryl methyl sites for hydroxylation is 1. The molecule has 0 amide bonds.